The van der Waals surface area contributed by atoms with Crippen molar-refractivity contribution in [1.82, 2.24) is 4.90 Å². The number of methoxy groups -OCH3 is 1. The summed E-state index contributed by atoms with van der Waals surface area (Å²) in [5.41, 5.74) is 0.348. The number of halogens is 1. The molecule has 1 saturated heterocycles. The Balaban J connectivity index is 1.94. The highest BCUT2D eigenvalue weighted by Crippen LogP contribution is 2.26. The standard InChI is InChI=1S/C16H23FN2O3S/c1-19(13-5-8-23-11-13)10-16(20)18-14-9-12(17)3-4-15(14)22-7-6-21-2/h3-4,9,13H,5-8,10-11H2,1-2H3,(H,18,20). The Morgan fingerprint density at radius 2 is 2.30 bits per heavy atom. The molecule has 1 amide bonds. The zero-order chi connectivity index (χ0) is 16.7. The van der Waals surface area contributed by atoms with Crippen molar-refractivity contribution in [3.05, 3.63) is 24.0 Å². The van der Waals surface area contributed by atoms with Crippen molar-refractivity contribution in [2.45, 2.75) is 12.5 Å². The lowest BCUT2D eigenvalue weighted by Gasteiger charge is -2.23. The number of nitrogens with zero attached hydrogens (tertiary/aromatic N) is 1. The lowest BCUT2D eigenvalue weighted by molar-refractivity contribution is -0.117. The summed E-state index contributed by atoms with van der Waals surface area (Å²) in [5.74, 6) is 2.04. The first kappa shape index (κ1) is 18.0. The van der Waals surface area contributed by atoms with Crippen molar-refractivity contribution >= 4 is 23.4 Å². The van der Waals surface area contributed by atoms with Gasteiger partial charge in [0, 0.05) is 25.0 Å². The average molecular weight is 342 g/mol. The third-order valence-corrected chi connectivity index (χ3v) is 4.83. The molecule has 0 aliphatic carbocycles. The Morgan fingerprint density at radius 3 is 3.00 bits per heavy atom. The Bertz CT molecular complexity index is 524. The quantitative estimate of drug-likeness (QED) is 0.734. The number of carbonyl (C=O) groups excluding carboxylic acids is 1. The van der Waals surface area contributed by atoms with Crippen LogP contribution in [0.4, 0.5) is 10.1 Å². The van der Waals surface area contributed by atoms with Gasteiger partial charge in [0.2, 0.25) is 5.91 Å². The first-order valence-electron chi connectivity index (χ1n) is 7.59. The van der Waals surface area contributed by atoms with Crippen LogP contribution in [0.25, 0.3) is 0 Å². The number of hydrogen-bond donors (Lipinski definition) is 1. The average Bonchev–Trinajstić information content (AvgIpc) is 3.04. The molecule has 1 N–H and O–H groups in total. The lowest BCUT2D eigenvalue weighted by Crippen LogP contribution is -2.38. The molecule has 1 fully saturated rings. The van der Waals surface area contributed by atoms with Gasteiger partial charge < -0.3 is 14.8 Å². The SMILES string of the molecule is COCCOc1ccc(F)cc1NC(=O)CN(C)C1CCSC1. The molecular formula is C16H23FN2O3S. The van der Waals surface area contributed by atoms with E-state index in [0.717, 1.165) is 17.9 Å². The van der Waals surface area contributed by atoms with Gasteiger partial charge in [-0.05, 0) is 31.4 Å². The van der Waals surface area contributed by atoms with Crippen LogP contribution in [0.1, 0.15) is 6.42 Å². The predicted molar refractivity (Wildman–Crippen MR) is 90.8 cm³/mol. The minimum absolute atomic E-state index is 0.174. The maximum atomic E-state index is 13.4. The van der Waals surface area contributed by atoms with Crippen molar-refractivity contribution in [3.8, 4) is 5.75 Å². The highest BCUT2D eigenvalue weighted by Gasteiger charge is 2.22. The number of amides is 1. The van der Waals surface area contributed by atoms with Gasteiger partial charge in [0.15, 0.2) is 0 Å². The van der Waals surface area contributed by atoms with Crippen molar-refractivity contribution < 1.29 is 18.7 Å². The van der Waals surface area contributed by atoms with E-state index in [9.17, 15) is 9.18 Å². The van der Waals surface area contributed by atoms with Crippen molar-refractivity contribution in [3.63, 3.8) is 0 Å². The van der Waals surface area contributed by atoms with Gasteiger partial charge in [0.25, 0.3) is 0 Å². The summed E-state index contributed by atoms with van der Waals surface area (Å²) in [6.07, 6.45) is 1.10. The largest absolute Gasteiger partial charge is 0.489 e. The number of rotatable bonds is 8. The fraction of sp³-hybridized carbons (Fsp3) is 0.562. The fourth-order valence-electron chi connectivity index (χ4n) is 2.38. The second-order valence-electron chi connectivity index (χ2n) is 5.46. The van der Waals surface area contributed by atoms with Gasteiger partial charge in [-0.1, -0.05) is 0 Å². The van der Waals surface area contributed by atoms with Gasteiger partial charge >= 0.3 is 0 Å². The minimum atomic E-state index is -0.417. The van der Waals surface area contributed by atoms with Crippen LogP contribution in [0.3, 0.4) is 0 Å². The summed E-state index contributed by atoms with van der Waals surface area (Å²) in [6.45, 7) is 1.04. The molecule has 1 aromatic rings. The monoisotopic (exact) mass is 342 g/mol. The van der Waals surface area contributed by atoms with E-state index >= 15 is 0 Å². The van der Waals surface area contributed by atoms with Crippen LogP contribution in [-0.2, 0) is 9.53 Å². The molecule has 5 nitrogen and oxygen atoms in total. The minimum Gasteiger partial charge on any atom is -0.489 e. The van der Waals surface area contributed by atoms with Gasteiger partial charge in [-0.15, -0.1) is 0 Å². The highest BCUT2D eigenvalue weighted by atomic mass is 32.2. The van der Waals surface area contributed by atoms with Gasteiger partial charge in [0.05, 0.1) is 18.8 Å². The molecule has 1 atom stereocenters. The molecule has 1 aliphatic rings. The first-order valence-corrected chi connectivity index (χ1v) is 8.74. The molecule has 0 aromatic heterocycles. The number of thioether (sulfide) groups is 1. The van der Waals surface area contributed by atoms with E-state index in [0.29, 0.717) is 30.7 Å². The molecule has 0 spiro atoms. The molecule has 0 radical (unpaired) electrons. The van der Waals surface area contributed by atoms with Crippen LogP contribution in [0.15, 0.2) is 18.2 Å². The van der Waals surface area contributed by atoms with E-state index in [1.807, 2.05) is 23.7 Å². The molecule has 2 rings (SSSR count). The van der Waals surface area contributed by atoms with E-state index in [-0.39, 0.29) is 12.5 Å². The van der Waals surface area contributed by atoms with E-state index in [1.165, 1.54) is 18.2 Å². The topological polar surface area (TPSA) is 50.8 Å². The Labute approximate surface area is 140 Å². The maximum absolute atomic E-state index is 13.4. The van der Waals surface area contributed by atoms with Crippen LogP contribution in [0.5, 0.6) is 5.75 Å². The predicted octanol–water partition coefficient (Wildman–Crippen LogP) is 2.23. The molecule has 1 unspecified atom stereocenters. The zero-order valence-corrected chi connectivity index (χ0v) is 14.3. The molecule has 1 heterocycles. The van der Waals surface area contributed by atoms with Crippen molar-refractivity contribution in [1.29, 1.82) is 0 Å². The first-order chi connectivity index (χ1) is 11.1. The van der Waals surface area contributed by atoms with Gasteiger partial charge in [0.1, 0.15) is 18.2 Å². The molecule has 23 heavy (non-hydrogen) atoms. The number of hydrogen-bond acceptors (Lipinski definition) is 5. The number of ether oxygens (including phenoxy) is 2. The van der Waals surface area contributed by atoms with Crippen LogP contribution >= 0.6 is 11.8 Å². The summed E-state index contributed by atoms with van der Waals surface area (Å²) in [7, 11) is 3.52. The summed E-state index contributed by atoms with van der Waals surface area (Å²) in [6, 6.07) is 4.51. The molecule has 1 aliphatic heterocycles. The van der Waals surface area contributed by atoms with Gasteiger partial charge in [-0.3, -0.25) is 9.69 Å². The van der Waals surface area contributed by atoms with E-state index < -0.39 is 5.82 Å². The van der Waals surface area contributed by atoms with Gasteiger partial charge in [-0.2, -0.15) is 11.8 Å². The Kier molecular flexibility index (Phi) is 7.14. The molecule has 1 aromatic carbocycles. The number of benzene rings is 1. The Hall–Kier alpha value is -1.31. The normalized spacial score (nSPS) is 17.5. The number of anilines is 1. The molecule has 7 heteroatoms. The third kappa shape index (κ3) is 5.67. The summed E-state index contributed by atoms with van der Waals surface area (Å²) in [4.78, 5) is 14.3. The summed E-state index contributed by atoms with van der Waals surface area (Å²) >= 11 is 1.90. The van der Waals surface area contributed by atoms with Crippen molar-refractivity contribution in [2.24, 2.45) is 0 Å². The number of nitrogens with one attached hydrogen (secondary N) is 1. The molecule has 0 bridgehead atoms. The second-order valence-corrected chi connectivity index (χ2v) is 6.61. The lowest BCUT2D eigenvalue weighted by atomic mass is 10.2. The van der Waals surface area contributed by atoms with E-state index in [4.69, 9.17) is 9.47 Å². The van der Waals surface area contributed by atoms with Crippen LogP contribution < -0.4 is 10.1 Å². The molecule has 128 valence electrons. The number of carbonyl (C=O) groups is 1. The highest BCUT2D eigenvalue weighted by molar-refractivity contribution is 7.99. The maximum Gasteiger partial charge on any atom is 0.238 e. The van der Waals surface area contributed by atoms with Crippen LogP contribution in [0.2, 0.25) is 0 Å². The van der Waals surface area contributed by atoms with E-state index in [2.05, 4.69) is 5.32 Å². The Morgan fingerprint density at radius 1 is 1.48 bits per heavy atom. The number of likely N-dealkylation sites (N-methyl/N-ethyl adjacent to an activating group) is 1. The van der Waals surface area contributed by atoms with E-state index in [1.54, 1.807) is 7.11 Å². The fourth-order valence-corrected chi connectivity index (χ4v) is 3.67. The second kappa shape index (κ2) is 9.10. The molecular weight excluding hydrogens is 319 g/mol. The summed E-state index contributed by atoms with van der Waals surface area (Å²) in [5, 5.41) is 2.74. The van der Waals surface area contributed by atoms with Crippen molar-refractivity contribution in [2.75, 3.05) is 50.7 Å². The molecule has 0 saturated carbocycles. The summed E-state index contributed by atoms with van der Waals surface area (Å²) < 4.78 is 23.9. The van der Waals surface area contributed by atoms with Crippen LogP contribution in [-0.4, -0.2) is 62.3 Å². The van der Waals surface area contributed by atoms with Gasteiger partial charge in [-0.25, -0.2) is 4.39 Å². The third-order valence-electron chi connectivity index (χ3n) is 3.68. The smallest absolute Gasteiger partial charge is 0.238 e. The van der Waals surface area contributed by atoms with Crippen LogP contribution in [0, 0.1) is 5.82 Å². The zero-order valence-electron chi connectivity index (χ0n) is 13.5.